The molecule has 0 fully saturated rings. The average Bonchev–Trinajstić information content (AvgIpc) is 3.38. The molecule has 0 saturated carbocycles. The monoisotopic (exact) mass is 432 g/mol. The van der Waals surface area contributed by atoms with Crippen LogP contribution in [-0.4, -0.2) is 20.7 Å². The van der Waals surface area contributed by atoms with Gasteiger partial charge in [0.1, 0.15) is 18.7 Å². The second kappa shape index (κ2) is 9.14. The van der Waals surface area contributed by atoms with E-state index in [9.17, 15) is 4.79 Å². The summed E-state index contributed by atoms with van der Waals surface area (Å²) in [6, 6.07) is 16.1. The Hall–Kier alpha value is -3.45. The fourth-order valence-corrected chi connectivity index (χ4v) is 3.92. The smallest absolute Gasteiger partial charge is 0.268 e. The normalized spacial score (nSPS) is 10.8. The van der Waals surface area contributed by atoms with Crippen molar-refractivity contribution in [3.8, 4) is 5.75 Å². The standard InChI is InChI=1S/C24H24N4O2S/c1-16-5-4-6-19(9-16)12-28-15-25-24(27-28)26-23(29)22-11-20(14-31-22)13-30-21-8-7-17(2)18(3)10-21/h4-11,14-15H,12-13H2,1-3H3,(H,26,27,29). The maximum Gasteiger partial charge on any atom is 0.268 e. The highest BCUT2D eigenvalue weighted by molar-refractivity contribution is 7.12. The molecule has 7 heteroatoms. The fourth-order valence-electron chi connectivity index (χ4n) is 3.13. The van der Waals surface area contributed by atoms with Crippen LogP contribution >= 0.6 is 11.3 Å². The first-order valence-electron chi connectivity index (χ1n) is 10.00. The van der Waals surface area contributed by atoms with Crippen LogP contribution in [0.25, 0.3) is 0 Å². The number of hydrogen-bond acceptors (Lipinski definition) is 5. The van der Waals surface area contributed by atoms with Gasteiger partial charge in [-0.15, -0.1) is 16.4 Å². The molecule has 0 aliphatic rings. The third-order valence-electron chi connectivity index (χ3n) is 4.95. The molecule has 0 spiro atoms. The number of nitrogens with one attached hydrogen (secondary N) is 1. The lowest BCUT2D eigenvalue weighted by Crippen LogP contribution is -2.12. The van der Waals surface area contributed by atoms with E-state index < -0.39 is 0 Å². The van der Waals surface area contributed by atoms with Gasteiger partial charge in [-0.1, -0.05) is 35.9 Å². The molecule has 1 N–H and O–H groups in total. The lowest BCUT2D eigenvalue weighted by atomic mass is 10.1. The van der Waals surface area contributed by atoms with Crippen LogP contribution in [-0.2, 0) is 13.2 Å². The molecule has 0 unspecified atom stereocenters. The predicted octanol–water partition coefficient (Wildman–Crippen LogP) is 5.14. The number of anilines is 1. The predicted molar refractivity (Wildman–Crippen MR) is 123 cm³/mol. The SMILES string of the molecule is Cc1cccc(Cn2cnc(NC(=O)c3cc(COc4ccc(C)c(C)c4)cs3)n2)c1. The topological polar surface area (TPSA) is 69.0 Å². The van der Waals surface area contributed by atoms with E-state index in [1.54, 1.807) is 11.0 Å². The van der Waals surface area contributed by atoms with Gasteiger partial charge in [0.05, 0.1) is 11.4 Å². The molecule has 0 saturated heterocycles. The quantitative estimate of drug-likeness (QED) is 0.439. The minimum absolute atomic E-state index is 0.226. The van der Waals surface area contributed by atoms with Crippen molar-refractivity contribution in [3.63, 3.8) is 0 Å². The molecule has 0 atom stereocenters. The van der Waals surface area contributed by atoms with Gasteiger partial charge in [0, 0.05) is 5.56 Å². The largest absolute Gasteiger partial charge is 0.489 e. The van der Waals surface area contributed by atoms with E-state index >= 15 is 0 Å². The minimum Gasteiger partial charge on any atom is -0.489 e. The van der Waals surface area contributed by atoms with Crippen LogP contribution in [0.5, 0.6) is 5.75 Å². The Kier molecular flexibility index (Phi) is 6.13. The van der Waals surface area contributed by atoms with E-state index in [1.165, 1.54) is 28.0 Å². The second-order valence-corrected chi connectivity index (χ2v) is 8.47. The number of hydrogen-bond donors (Lipinski definition) is 1. The highest BCUT2D eigenvalue weighted by atomic mass is 32.1. The first-order chi connectivity index (χ1) is 15.0. The van der Waals surface area contributed by atoms with Crippen molar-refractivity contribution in [2.75, 3.05) is 5.32 Å². The van der Waals surface area contributed by atoms with E-state index in [0.717, 1.165) is 16.9 Å². The second-order valence-electron chi connectivity index (χ2n) is 7.56. The van der Waals surface area contributed by atoms with E-state index in [4.69, 9.17) is 4.74 Å². The van der Waals surface area contributed by atoms with Crippen molar-refractivity contribution in [2.24, 2.45) is 0 Å². The van der Waals surface area contributed by atoms with Crippen molar-refractivity contribution >= 4 is 23.2 Å². The molecule has 2 heterocycles. The van der Waals surface area contributed by atoms with Gasteiger partial charge in [0.15, 0.2) is 0 Å². The van der Waals surface area contributed by atoms with Crippen LogP contribution in [0.15, 0.2) is 60.2 Å². The summed E-state index contributed by atoms with van der Waals surface area (Å²) in [7, 11) is 0. The summed E-state index contributed by atoms with van der Waals surface area (Å²) >= 11 is 1.37. The number of carbonyl (C=O) groups excluding carboxylic acids is 1. The molecule has 2 aromatic carbocycles. The third kappa shape index (κ3) is 5.38. The molecule has 158 valence electrons. The molecular weight excluding hydrogens is 408 g/mol. The Morgan fingerprint density at radius 1 is 1.06 bits per heavy atom. The third-order valence-corrected chi connectivity index (χ3v) is 5.93. The highest BCUT2D eigenvalue weighted by Gasteiger charge is 2.12. The van der Waals surface area contributed by atoms with Gasteiger partial charge in [-0.25, -0.2) is 9.67 Å². The number of nitrogens with zero attached hydrogens (tertiary/aromatic N) is 3. The van der Waals surface area contributed by atoms with E-state index in [2.05, 4.69) is 48.3 Å². The number of amides is 1. The van der Waals surface area contributed by atoms with Gasteiger partial charge in [0.25, 0.3) is 5.91 Å². The molecule has 31 heavy (non-hydrogen) atoms. The number of aryl methyl sites for hydroxylation is 3. The molecule has 4 rings (SSSR count). The van der Waals surface area contributed by atoms with Crippen LogP contribution in [0.1, 0.15) is 37.5 Å². The lowest BCUT2D eigenvalue weighted by Gasteiger charge is -2.07. The Morgan fingerprint density at radius 2 is 1.94 bits per heavy atom. The van der Waals surface area contributed by atoms with Gasteiger partial charge in [-0.2, -0.15) is 0 Å². The van der Waals surface area contributed by atoms with Crippen LogP contribution in [0.3, 0.4) is 0 Å². The molecule has 0 aliphatic heterocycles. The summed E-state index contributed by atoms with van der Waals surface area (Å²) in [6.45, 7) is 7.20. The maximum absolute atomic E-state index is 12.6. The number of thiophene rings is 1. The molecule has 4 aromatic rings. The summed E-state index contributed by atoms with van der Waals surface area (Å²) < 4.78 is 7.56. The lowest BCUT2D eigenvalue weighted by molar-refractivity contribution is 0.102. The molecular formula is C24H24N4O2S. The first-order valence-corrected chi connectivity index (χ1v) is 10.9. The Bertz CT molecular complexity index is 1210. The fraction of sp³-hybridized carbons (Fsp3) is 0.208. The molecule has 0 aliphatic carbocycles. The number of ether oxygens (including phenoxy) is 1. The first kappa shape index (κ1) is 20.8. The molecule has 6 nitrogen and oxygen atoms in total. The van der Waals surface area contributed by atoms with Gasteiger partial charge in [0.2, 0.25) is 5.95 Å². The summed E-state index contributed by atoms with van der Waals surface area (Å²) in [4.78, 5) is 17.4. The average molecular weight is 433 g/mol. The molecule has 0 bridgehead atoms. The van der Waals surface area contributed by atoms with E-state index in [1.807, 2.05) is 41.8 Å². The van der Waals surface area contributed by atoms with Gasteiger partial charge < -0.3 is 4.74 Å². The summed E-state index contributed by atoms with van der Waals surface area (Å²) in [5, 5.41) is 9.05. The van der Waals surface area contributed by atoms with E-state index in [-0.39, 0.29) is 5.91 Å². The minimum atomic E-state index is -0.226. The Morgan fingerprint density at radius 3 is 2.74 bits per heavy atom. The number of aromatic nitrogens is 3. The zero-order valence-electron chi connectivity index (χ0n) is 17.8. The molecule has 1 amide bonds. The Balaban J connectivity index is 1.33. The van der Waals surface area contributed by atoms with Crippen LogP contribution in [0.4, 0.5) is 5.95 Å². The number of benzene rings is 2. The van der Waals surface area contributed by atoms with Crippen LogP contribution in [0, 0.1) is 20.8 Å². The van der Waals surface area contributed by atoms with Crippen molar-refractivity contribution in [3.05, 3.63) is 92.9 Å². The highest BCUT2D eigenvalue weighted by Crippen LogP contribution is 2.21. The van der Waals surface area contributed by atoms with Gasteiger partial charge in [-0.3, -0.25) is 10.1 Å². The van der Waals surface area contributed by atoms with Crippen molar-refractivity contribution < 1.29 is 9.53 Å². The van der Waals surface area contributed by atoms with Crippen molar-refractivity contribution in [2.45, 2.75) is 33.9 Å². The Labute approximate surface area is 185 Å². The molecule has 0 radical (unpaired) electrons. The van der Waals surface area contributed by atoms with Crippen molar-refractivity contribution in [1.29, 1.82) is 0 Å². The molecule has 2 aromatic heterocycles. The zero-order valence-corrected chi connectivity index (χ0v) is 18.6. The van der Waals surface area contributed by atoms with Crippen LogP contribution in [0.2, 0.25) is 0 Å². The number of carbonyl (C=O) groups is 1. The summed E-state index contributed by atoms with van der Waals surface area (Å²) in [5.74, 6) is 0.887. The number of rotatable bonds is 7. The summed E-state index contributed by atoms with van der Waals surface area (Å²) in [6.07, 6.45) is 1.62. The van der Waals surface area contributed by atoms with Gasteiger partial charge in [-0.05, 0) is 61.0 Å². The summed E-state index contributed by atoms with van der Waals surface area (Å²) in [5.41, 5.74) is 5.70. The van der Waals surface area contributed by atoms with E-state index in [0.29, 0.717) is 24.0 Å². The van der Waals surface area contributed by atoms with Crippen LogP contribution < -0.4 is 10.1 Å². The van der Waals surface area contributed by atoms with Gasteiger partial charge >= 0.3 is 0 Å². The zero-order chi connectivity index (χ0) is 21.8. The van der Waals surface area contributed by atoms with Crippen molar-refractivity contribution in [1.82, 2.24) is 14.8 Å². The maximum atomic E-state index is 12.6.